The number of aromatic nitrogens is 2. The molecule has 0 bridgehead atoms. The lowest BCUT2D eigenvalue weighted by molar-refractivity contribution is -0.147. The van der Waals surface area contributed by atoms with E-state index < -0.39 is 28.7 Å². The topological polar surface area (TPSA) is 121 Å². The minimum Gasteiger partial charge on any atom is -0.480 e. The minimum atomic E-state index is -1.35. The van der Waals surface area contributed by atoms with Crippen LogP contribution in [0.2, 0.25) is 0 Å². The van der Waals surface area contributed by atoms with Crippen molar-refractivity contribution in [3.63, 3.8) is 0 Å². The Morgan fingerprint density at radius 2 is 1.96 bits per heavy atom. The Balaban J connectivity index is 2.23. The summed E-state index contributed by atoms with van der Waals surface area (Å²) in [5.41, 5.74) is -2.02. The third-order valence-corrected chi connectivity index (χ3v) is 4.06. The van der Waals surface area contributed by atoms with Crippen molar-refractivity contribution in [2.24, 2.45) is 0 Å². The summed E-state index contributed by atoms with van der Waals surface area (Å²) in [6.07, 6.45) is 0.147. The van der Waals surface area contributed by atoms with Gasteiger partial charge in [-0.15, -0.1) is 0 Å². The summed E-state index contributed by atoms with van der Waals surface area (Å²) in [5.74, 6) is -1.60. The van der Waals surface area contributed by atoms with Gasteiger partial charge in [0.25, 0.3) is 5.56 Å². The van der Waals surface area contributed by atoms with E-state index in [1.165, 1.54) is 11.5 Å². The Hall–Kier alpha value is -2.90. The van der Waals surface area contributed by atoms with E-state index in [-0.39, 0.29) is 19.4 Å². The van der Waals surface area contributed by atoms with Crippen LogP contribution in [0.3, 0.4) is 0 Å². The van der Waals surface area contributed by atoms with Crippen LogP contribution < -0.4 is 16.6 Å². The molecule has 8 heteroatoms. The SMILES string of the molecule is CCC(C)(NC(=O)CCn1c(=O)[nH]c(=O)c2ccccc21)C(=O)O. The van der Waals surface area contributed by atoms with Gasteiger partial charge < -0.3 is 10.4 Å². The van der Waals surface area contributed by atoms with E-state index in [0.717, 1.165) is 0 Å². The van der Waals surface area contributed by atoms with Crippen LogP contribution in [0.25, 0.3) is 10.9 Å². The molecule has 2 rings (SSSR count). The number of hydrogen-bond donors (Lipinski definition) is 3. The third kappa shape index (κ3) is 3.37. The number of aliphatic carboxylic acids is 1. The molecule has 3 N–H and O–H groups in total. The fraction of sp³-hybridized carbons (Fsp3) is 0.375. The van der Waals surface area contributed by atoms with Gasteiger partial charge in [-0.05, 0) is 25.5 Å². The van der Waals surface area contributed by atoms with Crippen LogP contribution in [-0.2, 0) is 16.1 Å². The second kappa shape index (κ2) is 6.69. The highest BCUT2D eigenvalue weighted by molar-refractivity contribution is 5.86. The van der Waals surface area contributed by atoms with Crippen molar-refractivity contribution < 1.29 is 14.7 Å². The van der Waals surface area contributed by atoms with Crippen molar-refractivity contribution in [2.75, 3.05) is 0 Å². The molecule has 1 unspecified atom stereocenters. The Morgan fingerprint density at radius 3 is 2.58 bits per heavy atom. The van der Waals surface area contributed by atoms with Crippen molar-refractivity contribution in [1.82, 2.24) is 14.9 Å². The maximum absolute atomic E-state index is 12.0. The predicted molar refractivity (Wildman–Crippen MR) is 87.9 cm³/mol. The summed E-state index contributed by atoms with van der Waals surface area (Å²) in [6, 6.07) is 6.58. The maximum atomic E-state index is 12.0. The van der Waals surface area contributed by atoms with Crippen LogP contribution in [0.5, 0.6) is 0 Å². The predicted octanol–water partition coefficient (Wildman–Crippen LogP) is 0.449. The normalized spacial score (nSPS) is 13.4. The summed E-state index contributed by atoms with van der Waals surface area (Å²) in [6.45, 7) is 3.12. The molecule has 0 aliphatic heterocycles. The number of carboxylic acid groups (broad SMARTS) is 1. The highest BCUT2D eigenvalue weighted by atomic mass is 16.4. The third-order valence-electron chi connectivity index (χ3n) is 4.06. The monoisotopic (exact) mass is 333 g/mol. The first-order chi connectivity index (χ1) is 11.3. The molecule has 8 nitrogen and oxygen atoms in total. The molecule has 1 atom stereocenters. The molecule has 2 aromatic rings. The summed E-state index contributed by atoms with van der Waals surface area (Å²) in [4.78, 5) is 49.3. The van der Waals surface area contributed by atoms with Crippen molar-refractivity contribution in [2.45, 2.75) is 38.8 Å². The van der Waals surface area contributed by atoms with Crippen LogP contribution in [0.15, 0.2) is 33.9 Å². The second-order valence-electron chi connectivity index (χ2n) is 5.72. The molecule has 0 aliphatic carbocycles. The average molecular weight is 333 g/mol. The van der Waals surface area contributed by atoms with Crippen LogP contribution in [0.1, 0.15) is 26.7 Å². The van der Waals surface area contributed by atoms with E-state index in [1.54, 1.807) is 31.2 Å². The van der Waals surface area contributed by atoms with E-state index in [9.17, 15) is 24.3 Å². The number of aryl methyl sites for hydroxylation is 1. The lowest BCUT2D eigenvalue weighted by atomic mass is 9.99. The smallest absolute Gasteiger partial charge is 0.329 e. The van der Waals surface area contributed by atoms with Crippen LogP contribution in [-0.4, -0.2) is 32.1 Å². The molecule has 1 aromatic heterocycles. The van der Waals surface area contributed by atoms with Gasteiger partial charge in [-0.2, -0.15) is 0 Å². The Kier molecular flexibility index (Phi) is 4.87. The summed E-state index contributed by atoms with van der Waals surface area (Å²) in [5, 5.41) is 12.0. The van der Waals surface area contributed by atoms with Crippen LogP contribution in [0, 0.1) is 0 Å². The number of H-pyrrole nitrogens is 1. The first kappa shape index (κ1) is 17.5. The highest BCUT2D eigenvalue weighted by Gasteiger charge is 2.32. The van der Waals surface area contributed by atoms with Gasteiger partial charge >= 0.3 is 11.7 Å². The standard InChI is InChI=1S/C16H19N3O5/c1-3-16(2,14(22)23)18-12(20)8-9-19-11-7-5-4-6-10(11)13(21)17-15(19)24/h4-7H,3,8-9H2,1-2H3,(H,18,20)(H,22,23)(H,17,21,24). The van der Waals surface area contributed by atoms with E-state index in [1.807, 2.05) is 0 Å². The first-order valence-corrected chi connectivity index (χ1v) is 7.55. The molecule has 24 heavy (non-hydrogen) atoms. The molecule has 1 heterocycles. The number of aromatic amines is 1. The number of carbonyl (C=O) groups is 2. The number of rotatable bonds is 6. The lowest BCUT2D eigenvalue weighted by Crippen LogP contribution is -2.52. The summed E-state index contributed by atoms with van der Waals surface area (Å²) < 4.78 is 1.29. The van der Waals surface area contributed by atoms with E-state index in [0.29, 0.717) is 10.9 Å². The van der Waals surface area contributed by atoms with Crippen molar-refractivity contribution in [1.29, 1.82) is 0 Å². The highest BCUT2D eigenvalue weighted by Crippen LogP contribution is 2.10. The number of carboxylic acids is 1. The van der Waals surface area contributed by atoms with Crippen LogP contribution >= 0.6 is 0 Å². The van der Waals surface area contributed by atoms with Crippen molar-refractivity contribution >= 4 is 22.8 Å². The quantitative estimate of drug-likeness (QED) is 0.708. The van der Waals surface area contributed by atoms with Crippen molar-refractivity contribution in [3.8, 4) is 0 Å². The van der Waals surface area contributed by atoms with Gasteiger partial charge in [-0.25, -0.2) is 9.59 Å². The number of nitrogens with zero attached hydrogens (tertiary/aromatic N) is 1. The average Bonchev–Trinajstić information content (AvgIpc) is 2.54. The van der Waals surface area contributed by atoms with E-state index >= 15 is 0 Å². The zero-order valence-corrected chi connectivity index (χ0v) is 13.5. The van der Waals surface area contributed by atoms with Gasteiger partial charge in [0.05, 0.1) is 10.9 Å². The second-order valence-corrected chi connectivity index (χ2v) is 5.72. The molecule has 0 aliphatic rings. The van der Waals surface area contributed by atoms with Crippen molar-refractivity contribution in [3.05, 3.63) is 45.1 Å². The molecule has 0 saturated heterocycles. The largest absolute Gasteiger partial charge is 0.480 e. The Morgan fingerprint density at radius 1 is 1.29 bits per heavy atom. The van der Waals surface area contributed by atoms with Gasteiger partial charge in [0.1, 0.15) is 5.54 Å². The number of hydrogen-bond acceptors (Lipinski definition) is 4. The number of para-hydroxylation sites is 1. The van der Waals surface area contributed by atoms with E-state index in [2.05, 4.69) is 10.3 Å². The summed E-state index contributed by atoms with van der Waals surface area (Å²) >= 11 is 0. The number of fused-ring (bicyclic) bond motifs is 1. The van der Waals surface area contributed by atoms with Gasteiger partial charge in [-0.3, -0.25) is 19.1 Å². The molecule has 1 amide bonds. The maximum Gasteiger partial charge on any atom is 0.329 e. The number of nitrogens with one attached hydrogen (secondary N) is 2. The molecule has 128 valence electrons. The Labute approximate surface area is 137 Å². The number of benzene rings is 1. The van der Waals surface area contributed by atoms with Gasteiger partial charge in [-0.1, -0.05) is 19.1 Å². The zero-order valence-electron chi connectivity index (χ0n) is 13.5. The number of amides is 1. The fourth-order valence-corrected chi connectivity index (χ4v) is 2.34. The lowest BCUT2D eigenvalue weighted by Gasteiger charge is -2.24. The molecular formula is C16H19N3O5. The molecular weight excluding hydrogens is 314 g/mol. The van der Waals surface area contributed by atoms with Gasteiger partial charge in [0, 0.05) is 13.0 Å². The fourth-order valence-electron chi connectivity index (χ4n) is 2.34. The van der Waals surface area contributed by atoms with Gasteiger partial charge in [0.2, 0.25) is 5.91 Å². The Bertz CT molecular complexity index is 898. The molecule has 0 fully saturated rings. The molecule has 1 aromatic carbocycles. The molecule has 0 saturated carbocycles. The molecule has 0 spiro atoms. The summed E-state index contributed by atoms with van der Waals surface area (Å²) in [7, 11) is 0. The van der Waals surface area contributed by atoms with E-state index in [4.69, 9.17) is 0 Å². The molecule has 0 radical (unpaired) electrons. The number of carbonyl (C=O) groups excluding carboxylic acids is 1. The van der Waals surface area contributed by atoms with Crippen LogP contribution in [0.4, 0.5) is 0 Å². The zero-order chi connectivity index (χ0) is 17.9. The first-order valence-electron chi connectivity index (χ1n) is 7.55. The minimum absolute atomic E-state index is 0.0291. The van der Waals surface area contributed by atoms with Gasteiger partial charge in [0.15, 0.2) is 0 Å².